The quantitative estimate of drug-likeness (QED) is 0.0199. The second kappa shape index (κ2) is 60.5. The summed E-state index contributed by atoms with van der Waals surface area (Å²) in [5, 5.41) is 121. The van der Waals surface area contributed by atoms with E-state index in [9.17, 15) is 61.0 Å². The zero-order chi connectivity index (χ0) is 72.5. The number of carbonyl (C=O) groups excluding carboxylic acids is 1. The van der Waals surface area contributed by atoms with E-state index < -0.39 is 124 Å². The average molecular weight is 1410 g/mol. The van der Waals surface area contributed by atoms with Gasteiger partial charge in [0, 0.05) is 6.42 Å². The van der Waals surface area contributed by atoms with Crippen LogP contribution in [0.3, 0.4) is 0 Å². The Bertz CT molecular complexity index is 2280. The molecule has 19 nitrogen and oxygen atoms in total. The van der Waals surface area contributed by atoms with Gasteiger partial charge in [0.1, 0.15) is 73.2 Å². The first kappa shape index (κ1) is 90.4. The van der Waals surface area contributed by atoms with Crippen molar-refractivity contribution in [2.45, 2.75) is 356 Å². The van der Waals surface area contributed by atoms with Gasteiger partial charge in [-0.2, -0.15) is 0 Å². The topological polar surface area (TPSA) is 307 Å². The molecule has 0 bridgehead atoms. The molecule has 0 saturated carbocycles. The minimum atomic E-state index is -1.98. The third kappa shape index (κ3) is 40.5. The summed E-state index contributed by atoms with van der Waals surface area (Å²) in [4.78, 5) is 13.5. The molecule has 0 radical (unpaired) electrons. The van der Waals surface area contributed by atoms with Gasteiger partial charge in [0.25, 0.3) is 0 Å². The summed E-state index contributed by atoms with van der Waals surface area (Å²) in [7, 11) is 0. The van der Waals surface area contributed by atoms with Crippen molar-refractivity contribution in [1.29, 1.82) is 0 Å². The van der Waals surface area contributed by atoms with Gasteiger partial charge >= 0.3 is 0 Å². The van der Waals surface area contributed by atoms with Crippen LogP contribution in [0.1, 0.15) is 251 Å². The summed E-state index contributed by atoms with van der Waals surface area (Å²) < 4.78 is 34.5. The van der Waals surface area contributed by atoms with E-state index in [4.69, 9.17) is 28.4 Å². The minimum Gasteiger partial charge on any atom is -0.394 e. The van der Waals surface area contributed by atoms with E-state index in [0.29, 0.717) is 19.3 Å². The van der Waals surface area contributed by atoms with Crippen LogP contribution < -0.4 is 5.32 Å². The molecule has 19 heteroatoms. The van der Waals surface area contributed by atoms with Gasteiger partial charge in [-0.3, -0.25) is 4.79 Å². The Kier molecular flexibility index (Phi) is 54.7. The molecule has 3 heterocycles. The molecule has 3 fully saturated rings. The molecule has 3 saturated heterocycles. The zero-order valence-electron chi connectivity index (χ0n) is 61.1. The summed E-state index contributed by atoms with van der Waals surface area (Å²) in [6.07, 6.45) is 57.0. The summed E-state index contributed by atoms with van der Waals surface area (Å²) in [5.41, 5.74) is 0. The summed E-state index contributed by atoms with van der Waals surface area (Å²) in [6.45, 7) is 1.67. The first-order valence-electron chi connectivity index (χ1n) is 38.8. The molecule has 0 aromatic rings. The standard InChI is InChI=1S/C81H137NO18/c1-3-5-7-9-11-13-15-17-19-21-23-25-26-27-28-29-30-31-32-33-34-35-36-37-38-39-41-43-45-47-49-51-53-55-57-59-69(87)82-64(65(86)58-56-54-52-50-48-46-44-42-40-24-22-20-18-16-14-12-10-8-6-4-2)63-95-79-75(93)72(90)77(67(61-84)97-79)100-81-76(94)73(91)78(68(62-85)98-81)99-80-74(92)71(89)70(88)66(60-83)96-80/h5,7,11,13,17,19,23,25,27-28,30-31,33-34,36-37,39,41,45,47,64-68,70-81,83-86,88-94H,3-4,6,8-10,12,14-16,18,20-22,24,26,29,32,35,38,40,42-44,46,48-63H2,1-2H3,(H,82,87)/b7-5-,13-11-,19-17-,25-23-,28-27-,31-30-,34-33-,37-36-,41-39-,47-45-. The normalized spacial score (nSPS) is 27.1. The number of aliphatic hydroxyl groups excluding tert-OH is 11. The van der Waals surface area contributed by atoms with Crippen molar-refractivity contribution in [3.05, 3.63) is 122 Å². The molecule has 12 N–H and O–H groups in total. The molecule has 574 valence electrons. The highest BCUT2D eigenvalue weighted by Crippen LogP contribution is 2.33. The van der Waals surface area contributed by atoms with Crippen LogP contribution in [0.2, 0.25) is 0 Å². The molecule has 17 atom stereocenters. The van der Waals surface area contributed by atoms with E-state index in [1.54, 1.807) is 0 Å². The van der Waals surface area contributed by atoms with E-state index in [1.807, 2.05) is 0 Å². The predicted molar refractivity (Wildman–Crippen MR) is 397 cm³/mol. The summed E-state index contributed by atoms with van der Waals surface area (Å²) in [5.74, 6) is -0.270. The van der Waals surface area contributed by atoms with Crippen LogP contribution >= 0.6 is 0 Å². The van der Waals surface area contributed by atoms with Crippen molar-refractivity contribution in [3.63, 3.8) is 0 Å². The summed E-state index contributed by atoms with van der Waals surface area (Å²) in [6, 6.07) is -0.911. The fraction of sp³-hybridized carbons (Fsp3) is 0.741. The lowest BCUT2D eigenvalue weighted by molar-refractivity contribution is -0.379. The van der Waals surface area contributed by atoms with E-state index in [2.05, 4.69) is 141 Å². The number of ether oxygens (including phenoxy) is 6. The SMILES string of the molecule is CC/C=C\C/C=C\C/C=C\C/C=C\C/C=C\C/C=C\C/C=C\C/C=C\C/C=C\C/C=C\CCCCCCC(=O)NC(COC1OC(CO)C(OC2OC(CO)C(OC3OC(CO)C(O)C(O)C3O)C(O)C2O)C(O)C1O)C(O)CCCCCCCCCCCCCCCCCCCCCC. The molecule has 3 aliphatic rings. The van der Waals surface area contributed by atoms with Gasteiger partial charge < -0.3 is 89.9 Å². The first-order chi connectivity index (χ1) is 48.8. The highest BCUT2D eigenvalue weighted by atomic mass is 16.8. The Labute approximate surface area is 601 Å². The second-order valence-corrected chi connectivity index (χ2v) is 27.1. The van der Waals surface area contributed by atoms with Crippen molar-refractivity contribution < 1.29 is 89.4 Å². The third-order valence-corrected chi connectivity index (χ3v) is 18.6. The number of rotatable bonds is 59. The smallest absolute Gasteiger partial charge is 0.220 e. The van der Waals surface area contributed by atoms with Crippen molar-refractivity contribution in [1.82, 2.24) is 5.32 Å². The van der Waals surface area contributed by atoms with Crippen LogP contribution in [-0.2, 0) is 33.2 Å². The largest absolute Gasteiger partial charge is 0.394 e. The maximum Gasteiger partial charge on any atom is 0.220 e. The number of amides is 1. The fourth-order valence-corrected chi connectivity index (χ4v) is 12.3. The lowest BCUT2D eigenvalue weighted by atomic mass is 9.96. The molecule has 0 aromatic carbocycles. The van der Waals surface area contributed by atoms with Crippen molar-refractivity contribution in [3.8, 4) is 0 Å². The molecule has 3 rings (SSSR count). The predicted octanol–water partition coefficient (Wildman–Crippen LogP) is 12.3. The average Bonchev–Trinajstić information content (AvgIpc) is 0.783. The molecule has 1 amide bonds. The van der Waals surface area contributed by atoms with Crippen molar-refractivity contribution in [2.24, 2.45) is 0 Å². The Hall–Kier alpha value is -3.81. The van der Waals surface area contributed by atoms with Gasteiger partial charge in [0.2, 0.25) is 5.91 Å². The number of carbonyl (C=O) groups is 1. The molecule has 3 aliphatic heterocycles. The maximum absolute atomic E-state index is 13.5. The number of unbranched alkanes of at least 4 members (excludes halogenated alkanes) is 23. The van der Waals surface area contributed by atoms with Crippen LogP contribution in [0.25, 0.3) is 0 Å². The van der Waals surface area contributed by atoms with Gasteiger partial charge in [0.15, 0.2) is 18.9 Å². The van der Waals surface area contributed by atoms with E-state index in [-0.39, 0.29) is 18.9 Å². The molecular formula is C81H137NO18. The lowest BCUT2D eigenvalue weighted by Crippen LogP contribution is -2.66. The molecule has 0 aromatic heterocycles. The van der Waals surface area contributed by atoms with Gasteiger partial charge in [-0.15, -0.1) is 0 Å². The highest BCUT2D eigenvalue weighted by Gasteiger charge is 2.54. The van der Waals surface area contributed by atoms with Crippen LogP contribution in [0.15, 0.2) is 122 Å². The third-order valence-electron chi connectivity index (χ3n) is 18.6. The van der Waals surface area contributed by atoms with Gasteiger partial charge in [-0.25, -0.2) is 0 Å². The van der Waals surface area contributed by atoms with Crippen molar-refractivity contribution in [2.75, 3.05) is 26.4 Å². The second-order valence-electron chi connectivity index (χ2n) is 27.1. The van der Waals surface area contributed by atoms with Gasteiger partial charge in [-0.1, -0.05) is 277 Å². The highest BCUT2D eigenvalue weighted by molar-refractivity contribution is 5.76. The maximum atomic E-state index is 13.5. The Morgan fingerprint density at radius 1 is 0.370 bits per heavy atom. The van der Waals surface area contributed by atoms with E-state index >= 15 is 0 Å². The fourth-order valence-electron chi connectivity index (χ4n) is 12.3. The first-order valence-corrected chi connectivity index (χ1v) is 38.8. The zero-order valence-corrected chi connectivity index (χ0v) is 61.1. The van der Waals surface area contributed by atoms with Gasteiger partial charge in [0.05, 0.1) is 38.6 Å². The van der Waals surface area contributed by atoms with Crippen LogP contribution in [0.4, 0.5) is 0 Å². The lowest BCUT2D eigenvalue weighted by Gasteiger charge is -2.48. The number of hydrogen-bond acceptors (Lipinski definition) is 18. The Balaban J connectivity index is 1.39. The molecule has 0 aliphatic carbocycles. The molecule has 17 unspecified atom stereocenters. The number of aliphatic hydroxyl groups is 11. The number of nitrogens with one attached hydrogen (secondary N) is 1. The van der Waals surface area contributed by atoms with Crippen molar-refractivity contribution >= 4 is 5.91 Å². The van der Waals surface area contributed by atoms with Crippen LogP contribution in [0, 0.1) is 0 Å². The monoisotopic (exact) mass is 1410 g/mol. The molecule has 100 heavy (non-hydrogen) atoms. The Morgan fingerprint density at radius 3 is 1.08 bits per heavy atom. The summed E-state index contributed by atoms with van der Waals surface area (Å²) >= 11 is 0. The van der Waals surface area contributed by atoms with E-state index in [1.165, 1.54) is 103 Å². The van der Waals surface area contributed by atoms with Gasteiger partial charge in [-0.05, 0) is 89.9 Å². The van der Waals surface area contributed by atoms with E-state index in [0.717, 1.165) is 109 Å². The Morgan fingerprint density at radius 2 is 0.690 bits per heavy atom. The number of allylic oxidation sites excluding steroid dienone is 20. The molecular weight excluding hydrogens is 1270 g/mol. The number of hydrogen-bond donors (Lipinski definition) is 12. The van der Waals surface area contributed by atoms with Crippen LogP contribution in [0.5, 0.6) is 0 Å². The van der Waals surface area contributed by atoms with Crippen LogP contribution in [-0.4, -0.2) is 193 Å². The minimum absolute atomic E-state index is 0.229. The molecule has 0 spiro atoms.